The van der Waals surface area contributed by atoms with Gasteiger partial charge in [0.15, 0.2) is 0 Å². The summed E-state index contributed by atoms with van der Waals surface area (Å²) in [6, 6.07) is 8.88. The number of nitrogens with zero attached hydrogens (tertiary/aromatic N) is 2. The lowest BCUT2D eigenvalue weighted by molar-refractivity contribution is 0.0953. The molecule has 0 spiro atoms. The Morgan fingerprint density at radius 2 is 1.96 bits per heavy atom. The molecular weight excluding hydrogens is 342 g/mol. The molecule has 1 amide bonds. The Morgan fingerprint density at radius 3 is 2.59 bits per heavy atom. The number of aromatic amines is 1. The van der Waals surface area contributed by atoms with Crippen LogP contribution in [0.2, 0.25) is 0 Å². The zero-order valence-corrected chi connectivity index (χ0v) is 15.9. The van der Waals surface area contributed by atoms with E-state index in [1.165, 1.54) is 4.57 Å². The van der Waals surface area contributed by atoms with Crippen LogP contribution in [0.3, 0.4) is 0 Å². The molecule has 0 bridgehead atoms. The number of carbonyl (C=O) groups excluding carboxylic acids is 1. The van der Waals surface area contributed by atoms with Crippen LogP contribution in [-0.4, -0.2) is 33.5 Å². The van der Waals surface area contributed by atoms with Crippen LogP contribution in [0.25, 0.3) is 16.7 Å². The zero-order valence-electron chi connectivity index (χ0n) is 15.9. The molecule has 0 radical (unpaired) electrons. The predicted molar refractivity (Wildman–Crippen MR) is 106 cm³/mol. The van der Waals surface area contributed by atoms with E-state index in [0.717, 1.165) is 17.5 Å². The second kappa shape index (κ2) is 7.36. The Balaban J connectivity index is 1.89. The van der Waals surface area contributed by atoms with Crippen LogP contribution in [0.1, 0.15) is 43.2 Å². The second-order valence-electron chi connectivity index (χ2n) is 7.58. The highest BCUT2D eigenvalue weighted by Gasteiger charge is 2.17. The first-order valence-electron chi connectivity index (χ1n) is 9.01. The number of nitrogens with two attached hydrogens (primary N) is 1. The molecule has 0 unspecified atom stereocenters. The summed E-state index contributed by atoms with van der Waals surface area (Å²) in [5.41, 5.74) is 7.79. The van der Waals surface area contributed by atoms with Crippen molar-refractivity contribution in [3.8, 4) is 5.69 Å². The van der Waals surface area contributed by atoms with Gasteiger partial charge in [0.2, 0.25) is 0 Å². The summed E-state index contributed by atoms with van der Waals surface area (Å²) >= 11 is 0. The number of amides is 1. The topological polar surface area (TPSA) is 106 Å². The summed E-state index contributed by atoms with van der Waals surface area (Å²) in [5.74, 6) is -0.156. The maximum Gasteiger partial charge on any atom is 0.354 e. The van der Waals surface area contributed by atoms with Gasteiger partial charge in [0.25, 0.3) is 5.91 Å². The van der Waals surface area contributed by atoms with Gasteiger partial charge in [-0.15, -0.1) is 0 Å². The number of fused-ring (bicyclic) bond motifs is 1. The van der Waals surface area contributed by atoms with E-state index in [0.29, 0.717) is 30.0 Å². The smallest absolute Gasteiger partial charge is 0.352 e. The fourth-order valence-corrected chi connectivity index (χ4v) is 2.76. The molecule has 7 nitrogen and oxygen atoms in total. The quantitative estimate of drug-likeness (QED) is 0.600. The fourth-order valence-electron chi connectivity index (χ4n) is 2.76. The molecule has 0 fully saturated rings. The molecule has 0 aliphatic carbocycles. The molecule has 3 rings (SSSR count). The summed E-state index contributed by atoms with van der Waals surface area (Å²) in [6.07, 6.45) is 2.50. The predicted octanol–water partition coefficient (Wildman–Crippen LogP) is 2.09. The van der Waals surface area contributed by atoms with Crippen molar-refractivity contribution in [2.75, 3.05) is 13.1 Å². The van der Waals surface area contributed by atoms with E-state index in [2.05, 4.69) is 36.1 Å². The maximum absolute atomic E-state index is 12.4. The highest BCUT2D eigenvalue weighted by molar-refractivity contribution is 5.94. The molecule has 0 atom stereocenters. The molecule has 0 aliphatic heterocycles. The number of carbonyl (C=O) groups is 1. The van der Waals surface area contributed by atoms with Crippen molar-refractivity contribution in [1.82, 2.24) is 19.9 Å². The van der Waals surface area contributed by atoms with Crippen molar-refractivity contribution in [3.05, 3.63) is 58.3 Å². The van der Waals surface area contributed by atoms with Gasteiger partial charge in [-0.3, -0.25) is 9.36 Å². The highest BCUT2D eigenvalue weighted by atomic mass is 16.2. The Kier molecular flexibility index (Phi) is 5.14. The lowest BCUT2D eigenvalue weighted by Crippen LogP contribution is -2.26. The monoisotopic (exact) mass is 367 g/mol. The molecule has 1 aromatic carbocycles. The van der Waals surface area contributed by atoms with E-state index in [1.54, 1.807) is 30.5 Å². The van der Waals surface area contributed by atoms with Gasteiger partial charge in [-0.2, -0.15) is 4.98 Å². The second-order valence-corrected chi connectivity index (χ2v) is 7.58. The number of benzene rings is 1. The van der Waals surface area contributed by atoms with E-state index in [9.17, 15) is 9.59 Å². The average Bonchev–Trinajstić information content (AvgIpc) is 3.04. The van der Waals surface area contributed by atoms with Gasteiger partial charge in [0.05, 0.1) is 5.69 Å². The van der Waals surface area contributed by atoms with Crippen LogP contribution in [-0.2, 0) is 5.41 Å². The minimum atomic E-state index is -0.370. The standard InChI is InChI=1S/C20H25N5O2/c1-20(2,3)16-11-14-12-25(19(27)24-17(14)23-16)15-7-5-13(6-8-15)18(26)22-10-4-9-21/h5-8,11-12H,4,9-10,21H2,1-3H3,(H,22,26)(H,23,24,27). The number of nitrogens with one attached hydrogen (secondary N) is 2. The van der Waals surface area contributed by atoms with Gasteiger partial charge in [0.1, 0.15) is 5.65 Å². The minimum Gasteiger partial charge on any atom is -0.352 e. The van der Waals surface area contributed by atoms with Crippen LogP contribution in [0.15, 0.2) is 41.3 Å². The molecule has 0 aliphatic rings. The van der Waals surface area contributed by atoms with Crippen LogP contribution < -0.4 is 16.7 Å². The summed E-state index contributed by atoms with van der Waals surface area (Å²) in [6.45, 7) is 7.37. The third kappa shape index (κ3) is 4.09. The first-order chi connectivity index (χ1) is 12.8. The van der Waals surface area contributed by atoms with Gasteiger partial charge < -0.3 is 16.0 Å². The van der Waals surface area contributed by atoms with Crippen LogP contribution in [0.5, 0.6) is 0 Å². The number of hydrogen-bond acceptors (Lipinski definition) is 4. The summed E-state index contributed by atoms with van der Waals surface area (Å²) in [5, 5.41) is 3.67. The normalized spacial score (nSPS) is 11.7. The third-order valence-corrected chi connectivity index (χ3v) is 4.39. The minimum absolute atomic E-state index is 0.0620. The first kappa shape index (κ1) is 18.8. The van der Waals surface area contributed by atoms with E-state index < -0.39 is 0 Å². The van der Waals surface area contributed by atoms with Gasteiger partial charge in [0, 0.05) is 34.8 Å². The summed E-state index contributed by atoms with van der Waals surface area (Å²) < 4.78 is 1.48. The number of aromatic nitrogens is 3. The zero-order chi connectivity index (χ0) is 19.6. The number of H-pyrrole nitrogens is 1. The molecule has 27 heavy (non-hydrogen) atoms. The van der Waals surface area contributed by atoms with E-state index in [4.69, 9.17) is 5.73 Å². The van der Waals surface area contributed by atoms with Crippen LogP contribution >= 0.6 is 0 Å². The molecule has 142 valence electrons. The van der Waals surface area contributed by atoms with E-state index >= 15 is 0 Å². The molecule has 7 heteroatoms. The van der Waals surface area contributed by atoms with Crippen molar-refractivity contribution < 1.29 is 4.79 Å². The highest BCUT2D eigenvalue weighted by Crippen LogP contribution is 2.24. The van der Waals surface area contributed by atoms with Crippen LogP contribution in [0.4, 0.5) is 0 Å². The molecule has 3 aromatic rings. The Bertz CT molecular complexity index is 1010. The lowest BCUT2D eigenvalue weighted by atomic mass is 9.92. The van der Waals surface area contributed by atoms with Crippen molar-refractivity contribution in [3.63, 3.8) is 0 Å². The molecule has 2 aromatic heterocycles. The van der Waals surface area contributed by atoms with Gasteiger partial charge >= 0.3 is 5.69 Å². The maximum atomic E-state index is 12.4. The number of rotatable bonds is 5. The summed E-state index contributed by atoms with van der Waals surface area (Å²) in [4.78, 5) is 31.9. The van der Waals surface area contributed by atoms with E-state index in [-0.39, 0.29) is 17.0 Å². The lowest BCUT2D eigenvalue weighted by Gasteiger charge is -2.15. The Hall–Kier alpha value is -2.93. The fraction of sp³-hybridized carbons (Fsp3) is 0.350. The van der Waals surface area contributed by atoms with Gasteiger partial charge in [-0.05, 0) is 43.3 Å². The van der Waals surface area contributed by atoms with Crippen molar-refractivity contribution in [2.45, 2.75) is 32.6 Å². The number of hydrogen-bond donors (Lipinski definition) is 3. The largest absolute Gasteiger partial charge is 0.354 e. The van der Waals surface area contributed by atoms with E-state index in [1.807, 2.05) is 6.07 Å². The van der Waals surface area contributed by atoms with Gasteiger partial charge in [-0.25, -0.2) is 4.79 Å². The van der Waals surface area contributed by atoms with Gasteiger partial charge in [-0.1, -0.05) is 20.8 Å². The van der Waals surface area contributed by atoms with Crippen molar-refractivity contribution >= 4 is 16.9 Å². The molecule has 0 saturated carbocycles. The summed E-state index contributed by atoms with van der Waals surface area (Å²) in [7, 11) is 0. The molecule has 0 saturated heterocycles. The first-order valence-corrected chi connectivity index (χ1v) is 9.01. The average molecular weight is 367 g/mol. The van der Waals surface area contributed by atoms with Crippen molar-refractivity contribution in [2.24, 2.45) is 5.73 Å². The third-order valence-electron chi connectivity index (χ3n) is 4.39. The molecular formula is C20H25N5O2. The molecule has 2 heterocycles. The Labute approximate surface area is 157 Å². The Morgan fingerprint density at radius 1 is 1.26 bits per heavy atom. The molecule has 4 N–H and O–H groups in total. The van der Waals surface area contributed by atoms with Crippen LogP contribution in [0, 0.1) is 0 Å². The van der Waals surface area contributed by atoms with Crippen molar-refractivity contribution in [1.29, 1.82) is 0 Å². The SMILES string of the molecule is CC(C)(C)c1cc2cn(-c3ccc(C(=O)NCCCN)cc3)c(=O)nc2[nH]1.